The molecule has 0 aliphatic rings. The number of carbonyl (C=O) groups excluding carboxylic acids is 1. The van der Waals surface area contributed by atoms with Gasteiger partial charge < -0.3 is 15.5 Å². The van der Waals surface area contributed by atoms with E-state index in [1.54, 1.807) is 57.2 Å². The van der Waals surface area contributed by atoms with Crippen molar-refractivity contribution in [2.24, 2.45) is 0 Å². The maximum absolute atomic E-state index is 13.0. The van der Waals surface area contributed by atoms with E-state index in [0.29, 0.717) is 21.8 Å². The number of benzene rings is 3. The summed E-state index contributed by atoms with van der Waals surface area (Å²) in [7, 11) is -3.86. The van der Waals surface area contributed by atoms with E-state index in [-0.39, 0.29) is 10.5 Å². The third-order valence-electron chi connectivity index (χ3n) is 5.45. The predicted octanol–water partition coefficient (Wildman–Crippen LogP) is 3.91. The van der Waals surface area contributed by atoms with Gasteiger partial charge in [-0.15, -0.1) is 0 Å². The fourth-order valence-corrected chi connectivity index (χ4v) is 5.14. The number of nitrogens with one attached hydrogen (secondary N) is 2. The zero-order chi connectivity index (χ0) is 25.9. The number of carboxylic acid groups (broad SMARTS) is 1. The molecule has 0 aliphatic carbocycles. The molecule has 1 amide bonds. The van der Waals surface area contributed by atoms with Gasteiger partial charge in [0.05, 0.1) is 11.5 Å². The van der Waals surface area contributed by atoms with Crippen LogP contribution in [0.4, 0.5) is 5.69 Å². The number of rotatable bonds is 8. The zero-order valence-corrected chi connectivity index (χ0v) is 20.9. The molecule has 184 valence electrons. The summed E-state index contributed by atoms with van der Waals surface area (Å²) in [6.07, 6.45) is 0. The van der Waals surface area contributed by atoms with Gasteiger partial charge in [0.25, 0.3) is 15.9 Å². The zero-order valence-electron chi connectivity index (χ0n) is 19.3. The van der Waals surface area contributed by atoms with Crippen LogP contribution < -0.4 is 10.0 Å². The fourth-order valence-electron chi connectivity index (χ4n) is 3.56. The largest absolute Gasteiger partial charge is 0.480 e. The van der Waals surface area contributed by atoms with Gasteiger partial charge in [0.1, 0.15) is 0 Å². The van der Waals surface area contributed by atoms with E-state index in [2.05, 4.69) is 10.0 Å². The number of anilines is 1. The van der Waals surface area contributed by atoms with Crippen LogP contribution in [0, 0.1) is 20.8 Å². The summed E-state index contributed by atoms with van der Waals surface area (Å²) in [5.74, 6) is -1.96. The van der Waals surface area contributed by atoms with E-state index in [1.165, 1.54) is 12.1 Å². The van der Waals surface area contributed by atoms with Gasteiger partial charge in [0, 0.05) is 16.3 Å². The van der Waals surface area contributed by atoms with Crippen LogP contribution in [-0.4, -0.2) is 43.2 Å². The lowest BCUT2D eigenvalue weighted by atomic mass is 9.98. The van der Waals surface area contributed by atoms with Crippen molar-refractivity contribution in [1.82, 2.24) is 5.32 Å². The lowest BCUT2D eigenvalue weighted by Crippen LogP contribution is -2.43. The highest BCUT2D eigenvalue weighted by molar-refractivity contribution is 7.92. The Kier molecular flexibility index (Phi) is 7.84. The molecule has 3 rings (SSSR count). The first kappa shape index (κ1) is 26.2. The first-order valence-corrected chi connectivity index (χ1v) is 12.4. The molecule has 0 fully saturated rings. The second kappa shape index (κ2) is 10.5. The minimum Gasteiger partial charge on any atom is -0.480 e. The molecule has 0 saturated carbocycles. The number of carbonyl (C=O) groups is 2. The number of hydrogen-bond donors (Lipinski definition) is 4. The van der Waals surface area contributed by atoms with Gasteiger partial charge >= 0.3 is 5.97 Å². The number of aliphatic carboxylic acids is 1. The van der Waals surface area contributed by atoms with Crippen LogP contribution in [-0.2, 0) is 14.8 Å². The van der Waals surface area contributed by atoms with Crippen molar-refractivity contribution in [3.63, 3.8) is 0 Å². The van der Waals surface area contributed by atoms with Crippen molar-refractivity contribution >= 4 is 39.2 Å². The highest BCUT2D eigenvalue weighted by Gasteiger charge is 2.21. The third kappa shape index (κ3) is 6.00. The molecule has 4 N–H and O–H groups in total. The van der Waals surface area contributed by atoms with Crippen molar-refractivity contribution in [3.05, 3.63) is 81.9 Å². The minimum absolute atomic E-state index is 0.138. The fraction of sp³-hybridized carbons (Fsp3) is 0.200. The number of hydrogen-bond acceptors (Lipinski definition) is 5. The molecule has 0 spiro atoms. The third-order valence-corrected chi connectivity index (χ3v) is 7.38. The van der Waals surface area contributed by atoms with Crippen LogP contribution in [0.5, 0.6) is 0 Å². The highest BCUT2D eigenvalue weighted by atomic mass is 35.5. The molecule has 35 heavy (non-hydrogen) atoms. The molecule has 1 atom stereocenters. The van der Waals surface area contributed by atoms with E-state index < -0.39 is 34.5 Å². The van der Waals surface area contributed by atoms with Crippen LogP contribution in [0.15, 0.2) is 59.5 Å². The minimum atomic E-state index is -3.86. The summed E-state index contributed by atoms with van der Waals surface area (Å²) in [6, 6.07) is 13.4. The molecule has 0 heterocycles. The summed E-state index contributed by atoms with van der Waals surface area (Å²) in [5.41, 5.74) is 3.98. The predicted molar refractivity (Wildman–Crippen MR) is 134 cm³/mol. The molecule has 0 aliphatic heterocycles. The molecule has 0 bridgehead atoms. The highest BCUT2D eigenvalue weighted by Crippen LogP contribution is 2.29. The molecule has 0 aromatic heterocycles. The smallest absolute Gasteiger partial charge is 0.328 e. The summed E-state index contributed by atoms with van der Waals surface area (Å²) in [6.45, 7) is 4.47. The van der Waals surface area contributed by atoms with Crippen molar-refractivity contribution in [2.75, 3.05) is 11.3 Å². The van der Waals surface area contributed by atoms with Crippen LogP contribution in [0.1, 0.15) is 27.0 Å². The van der Waals surface area contributed by atoms with Gasteiger partial charge in [-0.3, -0.25) is 9.52 Å². The average Bonchev–Trinajstić information content (AvgIpc) is 2.79. The Hall–Kier alpha value is -3.40. The second-order valence-electron chi connectivity index (χ2n) is 8.13. The summed E-state index contributed by atoms with van der Waals surface area (Å²) >= 11 is 6.10. The second-order valence-corrected chi connectivity index (χ2v) is 10.2. The van der Waals surface area contributed by atoms with Gasteiger partial charge in [0.15, 0.2) is 6.04 Å². The van der Waals surface area contributed by atoms with E-state index in [9.17, 15) is 18.0 Å². The van der Waals surface area contributed by atoms with Crippen LogP contribution in [0.3, 0.4) is 0 Å². The number of aliphatic hydroxyl groups is 1. The van der Waals surface area contributed by atoms with Crippen LogP contribution in [0.2, 0.25) is 5.02 Å². The Bertz CT molecular complexity index is 1410. The van der Waals surface area contributed by atoms with Gasteiger partial charge in [-0.2, -0.15) is 0 Å². The maximum atomic E-state index is 13.0. The van der Waals surface area contributed by atoms with E-state index in [1.807, 2.05) is 6.07 Å². The molecule has 10 heteroatoms. The van der Waals surface area contributed by atoms with Crippen molar-refractivity contribution in [3.8, 4) is 11.1 Å². The number of aryl methyl sites for hydroxylation is 3. The van der Waals surface area contributed by atoms with E-state index in [4.69, 9.17) is 21.8 Å². The molecule has 3 aromatic rings. The molecule has 3 aromatic carbocycles. The topological polar surface area (TPSA) is 133 Å². The number of carboxylic acids is 1. The van der Waals surface area contributed by atoms with Crippen molar-refractivity contribution in [2.45, 2.75) is 31.7 Å². The van der Waals surface area contributed by atoms with Gasteiger partial charge in [-0.1, -0.05) is 29.8 Å². The standard InChI is InChI=1S/C25H25ClN2O6S/c1-14-9-18(24(30)27-22(13-29)25(31)32)7-8-20(14)17-5-4-6-19(12-17)28-35(33,34)23-11-15(2)21(26)10-16(23)3/h4-12,22,28-29H,13H2,1-3H3,(H,27,30)(H,31,32). The van der Waals surface area contributed by atoms with Crippen LogP contribution >= 0.6 is 11.6 Å². The number of amides is 1. The first-order valence-electron chi connectivity index (χ1n) is 10.6. The Morgan fingerprint density at radius 2 is 1.69 bits per heavy atom. The first-order chi connectivity index (χ1) is 16.4. The molecular weight excluding hydrogens is 492 g/mol. The van der Waals surface area contributed by atoms with E-state index in [0.717, 1.165) is 16.7 Å². The Morgan fingerprint density at radius 3 is 2.31 bits per heavy atom. The molecule has 0 radical (unpaired) electrons. The Labute approximate surface area is 208 Å². The molecule has 1 unspecified atom stereocenters. The summed E-state index contributed by atoms with van der Waals surface area (Å²) in [4.78, 5) is 23.5. The summed E-state index contributed by atoms with van der Waals surface area (Å²) < 4.78 is 28.7. The lowest BCUT2D eigenvalue weighted by Gasteiger charge is -2.15. The molecular formula is C25H25ClN2O6S. The summed E-state index contributed by atoms with van der Waals surface area (Å²) in [5, 5.41) is 20.9. The van der Waals surface area contributed by atoms with Gasteiger partial charge in [0.2, 0.25) is 0 Å². The van der Waals surface area contributed by atoms with Crippen molar-refractivity contribution < 1.29 is 28.2 Å². The normalized spacial score (nSPS) is 12.1. The van der Waals surface area contributed by atoms with Gasteiger partial charge in [-0.25, -0.2) is 13.2 Å². The number of sulfonamides is 1. The van der Waals surface area contributed by atoms with Gasteiger partial charge in [-0.05, 0) is 85.0 Å². The number of halogens is 1. The lowest BCUT2D eigenvalue weighted by molar-refractivity contribution is -0.140. The maximum Gasteiger partial charge on any atom is 0.328 e. The monoisotopic (exact) mass is 516 g/mol. The Balaban J connectivity index is 1.87. The quantitative estimate of drug-likeness (QED) is 0.359. The van der Waals surface area contributed by atoms with Crippen molar-refractivity contribution in [1.29, 1.82) is 0 Å². The van der Waals surface area contributed by atoms with E-state index >= 15 is 0 Å². The molecule has 0 saturated heterocycles. The van der Waals surface area contributed by atoms with Crippen LogP contribution in [0.25, 0.3) is 11.1 Å². The number of aliphatic hydroxyl groups excluding tert-OH is 1. The molecule has 8 nitrogen and oxygen atoms in total. The Morgan fingerprint density at radius 1 is 0.971 bits per heavy atom. The average molecular weight is 517 g/mol. The SMILES string of the molecule is Cc1cc(S(=O)(=O)Nc2cccc(-c3ccc(C(=O)NC(CO)C(=O)O)cc3C)c2)c(C)cc1Cl.